The second-order valence-corrected chi connectivity index (χ2v) is 8.70. The van der Waals surface area contributed by atoms with Crippen LogP contribution in [0.3, 0.4) is 0 Å². The monoisotopic (exact) mass is 457 g/mol. The normalized spacial score (nSPS) is 11.2. The summed E-state index contributed by atoms with van der Waals surface area (Å²) in [6.07, 6.45) is 3.14. The van der Waals surface area contributed by atoms with Crippen LogP contribution in [-0.2, 0) is 6.54 Å². The summed E-state index contributed by atoms with van der Waals surface area (Å²) in [5, 5.41) is 21.3. The molecule has 6 nitrogen and oxygen atoms in total. The summed E-state index contributed by atoms with van der Waals surface area (Å²) in [6.45, 7) is 9.97. The molecule has 0 aliphatic rings. The fraction of sp³-hybridized carbons (Fsp3) is 0.154. The van der Waals surface area contributed by atoms with Crippen LogP contribution in [0.15, 0.2) is 76.5 Å². The van der Waals surface area contributed by atoms with Gasteiger partial charge in [-0.25, -0.2) is 0 Å². The second kappa shape index (κ2) is 10.2. The minimum atomic E-state index is -0.454. The summed E-state index contributed by atoms with van der Waals surface area (Å²) < 4.78 is 1.94. The van der Waals surface area contributed by atoms with Crippen molar-refractivity contribution in [3.05, 3.63) is 105 Å². The number of nitro benzene ring substituents is 1. The van der Waals surface area contributed by atoms with Gasteiger partial charge in [-0.2, -0.15) is 5.26 Å². The number of rotatable bonds is 8. The summed E-state index contributed by atoms with van der Waals surface area (Å²) in [4.78, 5) is 25.7. The zero-order valence-electron chi connectivity index (χ0n) is 18.7. The average Bonchev–Trinajstić information content (AvgIpc) is 3.07. The van der Waals surface area contributed by atoms with Crippen LogP contribution >= 0.6 is 11.8 Å². The van der Waals surface area contributed by atoms with Crippen molar-refractivity contribution in [2.45, 2.75) is 37.1 Å². The van der Waals surface area contributed by atoms with Crippen LogP contribution in [0.25, 0.3) is 6.08 Å². The molecule has 166 valence electrons. The fourth-order valence-electron chi connectivity index (χ4n) is 3.49. The van der Waals surface area contributed by atoms with Crippen molar-refractivity contribution >= 4 is 29.3 Å². The molecule has 0 fully saturated rings. The molecule has 7 heteroatoms. The highest BCUT2D eigenvalue weighted by atomic mass is 32.2. The van der Waals surface area contributed by atoms with E-state index in [1.165, 1.54) is 23.9 Å². The van der Waals surface area contributed by atoms with E-state index in [9.17, 15) is 20.2 Å². The van der Waals surface area contributed by atoms with Gasteiger partial charge in [-0.3, -0.25) is 14.9 Å². The maximum absolute atomic E-state index is 13.1. The SMILES string of the molecule is C=CCn1c(C)cc(C(=O)/C(C#N)=C\c2ccc(Sc3ccc(C)cc3)c([N+](=O)[O-])c2)c1C. The van der Waals surface area contributed by atoms with Gasteiger partial charge >= 0.3 is 0 Å². The third-order valence-corrected chi connectivity index (χ3v) is 6.31. The Balaban J connectivity index is 1.96. The molecule has 3 rings (SSSR count). The van der Waals surface area contributed by atoms with Crippen molar-refractivity contribution < 1.29 is 9.72 Å². The standard InChI is InChI=1S/C26H23N3O3S/c1-5-12-28-18(3)13-23(19(28)4)26(30)21(16-27)14-20-8-11-25(24(15-20)29(31)32)33-22-9-6-17(2)7-10-22/h5-11,13-15H,1,12H2,2-4H3/b21-14-. The van der Waals surface area contributed by atoms with Gasteiger partial charge in [0.25, 0.3) is 5.69 Å². The Morgan fingerprint density at radius 3 is 2.48 bits per heavy atom. The highest BCUT2D eigenvalue weighted by Gasteiger charge is 2.20. The first-order valence-corrected chi connectivity index (χ1v) is 11.0. The summed E-state index contributed by atoms with van der Waals surface area (Å²) in [5.74, 6) is -0.415. The summed E-state index contributed by atoms with van der Waals surface area (Å²) in [6, 6.07) is 16.1. The smallest absolute Gasteiger partial charge is 0.283 e. The lowest BCUT2D eigenvalue weighted by molar-refractivity contribution is -0.387. The fourth-order valence-corrected chi connectivity index (χ4v) is 4.39. The summed E-state index contributed by atoms with van der Waals surface area (Å²) in [7, 11) is 0. The Hall–Kier alpha value is -3.89. The maximum atomic E-state index is 13.1. The average molecular weight is 458 g/mol. The second-order valence-electron chi connectivity index (χ2n) is 7.58. The first kappa shape index (κ1) is 23.8. The molecular formula is C26H23N3O3S. The van der Waals surface area contributed by atoms with Crippen molar-refractivity contribution in [3.63, 3.8) is 0 Å². The van der Waals surface area contributed by atoms with E-state index in [1.54, 1.807) is 24.3 Å². The van der Waals surface area contributed by atoms with E-state index < -0.39 is 10.7 Å². The zero-order valence-corrected chi connectivity index (χ0v) is 19.5. The lowest BCUT2D eigenvalue weighted by Gasteiger charge is -2.06. The number of nitrogens with zero attached hydrogens (tertiary/aromatic N) is 3. The number of ketones is 1. The topological polar surface area (TPSA) is 88.9 Å². The number of aromatic nitrogens is 1. The van der Waals surface area contributed by atoms with Gasteiger partial charge in [0, 0.05) is 34.5 Å². The van der Waals surface area contributed by atoms with E-state index >= 15 is 0 Å². The van der Waals surface area contributed by atoms with Crippen molar-refractivity contribution in [2.75, 3.05) is 0 Å². The Labute approximate surface area is 197 Å². The van der Waals surface area contributed by atoms with Crippen molar-refractivity contribution in [1.82, 2.24) is 4.57 Å². The molecule has 0 aliphatic heterocycles. The maximum Gasteiger partial charge on any atom is 0.283 e. The van der Waals surface area contributed by atoms with Gasteiger partial charge in [-0.05, 0) is 56.7 Å². The Bertz CT molecular complexity index is 1310. The number of hydrogen-bond acceptors (Lipinski definition) is 5. The van der Waals surface area contributed by atoms with Crippen molar-refractivity contribution in [1.29, 1.82) is 5.26 Å². The van der Waals surface area contributed by atoms with Gasteiger partial charge in [0.1, 0.15) is 11.6 Å². The number of Topliss-reactive ketones (excluding diaryl/α,β-unsaturated/α-hetero) is 1. The van der Waals surface area contributed by atoms with Gasteiger partial charge in [-0.1, -0.05) is 41.6 Å². The van der Waals surface area contributed by atoms with Gasteiger partial charge < -0.3 is 4.57 Å². The van der Waals surface area contributed by atoms with E-state index in [0.717, 1.165) is 21.8 Å². The van der Waals surface area contributed by atoms with Crippen molar-refractivity contribution in [2.24, 2.45) is 0 Å². The molecule has 3 aromatic rings. The molecule has 1 heterocycles. The number of hydrogen-bond donors (Lipinski definition) is 0. The predicted molar refractivity (Wildman–Crippen MR) is 130 cm³/mol. The first-order chi connectivity index (χ1) is 15.7. The molecule has 0 spiro atoms. The van der Waals surface area contributed by atoms with E-state index in [2.05, 4.69) is 6.58 Å². The van der Waals surface area contributed by atoms with Gasteiger partial charge in [0.2, 0.25) is 5.78 Å². The van der Waals surface area contributed by atoms with Crippen LogP contribution in [0.4, 0.5) is 5.69 Å². The molecule has 0 N–H and O–H groups in total. The number of benzene rings is 2. The number of nitro groups is 1. The van der Waals surface area contributed by atoms with E-state index in [-0.39, 0.29) is 11.3 Å². The quantitative estimate of drug-likeness (QED) is 0.0968. The van der Waals surface area contributed by atoms with Crippen LogP contribution in [0, 0.1) is 42.2 Å². The first-order valence-electron chi connectivity index (χ1n) is 10.2. The third-order valence-electron chi connectivity index (χ3n) is 5.23. The molecule has 0 aliphatic carbocycles. The zero-order chi connectivity index (χ0) is 24.1. The molecule has 0 unspecified atom stereocenters. The minimum Gasteiger partial charge on any atom is -0.345 e. The Morgan fingerprint density at radius 2 is 1.88 bits per heavy atom. The lowest BCUT2D eigenvalue weighted by Crippen LogP contribution is -2.06. The number of aryl methyl sites for hydroxylation is 2. The molecule has 0 saturated carbocycles. The number of allylic oxidation sites excluding steroid dienone is 2. The number of carbonyl (C=O) groups is 1. The molecule has 0 saturated heterocycles. The van der Waals surface area contributed by atoms with Crippen LogP contribution in [0.2, 0.25) is 0 Å². The van der Waals surface area contributed by atoms with E-state index in [4.69, 9.17) is 0 Å². The van der Waals surface area contributed by atoms with Crippen molar-refractivity contribution in [3.8, 4) is 6.07 Å². The highest BCUT2D eigenvalue weighted by molar-refractivity contribution is 7.99. The molecular weight excluding hydrogens is 434 g/mol. The van der Waals surface area contributed by atoms with E-state index in [1.807, 2.05) is 55.7 Å². The van der Waals surface area contributed by atoms with Crippen LogP contribution in [0.5, 0.6) is 0 Å². The summed E-state index contributed by atoms with van der Waals surface area (Å²) in [5.41, 5.74) is 3.43. The largest absolute Gasteiger partial charge is 0.345 e. The predicted octanol–water partition coefficient (Wildman–Crippen LogP) is 6.45. The molecule has 0 bridgehead atoms. The molecule has 0 radical (unpaired) electrons. The Kier molecular flexibility index (Phi) is 7.31. The number of carbonyl (C=O) groups excluding carboxylic acids is 1. The molecule has 2 aromatic carbocycles. The Morgan fingerprint density at radius 1 is 1.18 bits per heavy atom. The van der Waals surface area contributed by atoms with Crippen LogP contribution in [0.1, 0.15) is 32.9 Å². The number of nitriles is 1. The van der Waals surface area contributed by atoms with Gasteiger partial charge in [-0.15, -0.1) is 6.58 Å². The minimum absolute atomic E-state index is 0.0803. The van der Waals surface area contributed by atoms with Crippen LogP contribution < -0.4 is 0 Å². The lowest BCUT2D eigenvalue weighted by atomic mass is 10.0. The third kappa shape index (κ3) is 5.30. The summed E-state index contributed by atoms with van der Waals surface area (Å²) >= 11 is 1.29. The van der Waals surface area contributed by atoms with E-state index in [0.29, 0.717) is 22.6 Å². The molecule has 33 heavy (non-hydrogen) atoms. The van der Waals surface area contributed by atoms with Gasteiger partial charge in [0.05, 0.1) is 9.82 Å². The molecule has 0 atom stereocenters. The molecule has 0 amide bonds. The van der Waals surface area contributed by atoms with Crippen LogP contribution in [-0.4, -0.2) is 15.3 Å². The highest BCUT2D eigenvalue weighted by Crippen LogP contribution is 2.36. The molecule has 1 aromatic heterocycles. The van der Waals surface area contributed by atoms with Gasteiger partial charge in [0.15, 0.2) is 0 Å².